The summed E-state index contributed by atoms with van der Waals surface area (Å²) < 4.78 is 31.3. The molecular weight excluding hydrogens is 262 g/mol. The number of halogens is 2. The highest BCUT2D eigenvalue weighted by atomic mass is 19.1. The lowest BCUT2D eigenvalue weighted by Crippen LogP contribution is -2.04. The van der Waals surface area contributed by atoms with Crippen molar-refractivity contribution in [3.8, 4) is 5.75 Å². The van der Waals surface area contributed by atoms with E-state index in [0.717, 1.165) is 18.2 Å². The first-order valence-corrected chi connectivity index (χ1v) is 6.33. The van der Waals surface area contributed by atoms with Crippen LogP contribution in [0.2, 0.25) is 0 Å². The van der Waals surface area contributed by atoms with Gasteiger partial charge in [-0.05, 0) is 18.6 Å². The van der Waals surface area contributed by atoms with E-state index in [0.29, 0.717) is 18.4 Å². The molecule has 4 heteroatoms. The van der Waals surface area contributed by atoms with Crippen LogP contribution in [0, 0.1) is 11.6 Å². The van der Waals surface area contributed by atoms with Gasteiger partial charge >= 0.3 is 0 Å². The average Bonchev–Trinajstić information content (AvgIpc) is 2.47. The molecule has 2 aromatic rings. The van der Waals surface area contributed by atoms with Crippen molar-refractivity contribution in [2.24, 2.45) is 0 Å². The summed E-state index contributed by atoms with van der Waals surface area (Å²) >= 11 is 0. The number of carbonyl (C=O) groups excluding carboxylic acids is 1. The first-order valence-electron chi connectivity index (χ1n) is 6.33. The van der Waals surface area contributed by atoms with E-state index >= 15 is 0 Å². The van der Waals surface area contributed by atoms with Crippen LogP contribution in [0.5, 0.6) is 5.75 Å². The molecule has 0 saturated heterocycles. The number of benzene rings is 2. The molecule has 0 spiro atoms. The van der Waals surface area contributed by atoms with Gasteiger partial charge in [0.25, 0.3) is 0 Å². The highest BCUT2D eigenvalue weighted by molar-refractivity contribution is 5.95. The lowest BCUT2D eigenvalue weighted by atomic mass is 10.1. The molecule has 0 bridgehead atoms. The zero-order valence-corrected chi connectivity index (χ0v) is 10.8. The monoisotopic (exact) mass is 276 g/mol. The Kier molecular flexibility index (Phi) is 4.82. The van der Waals surface area contributed by atoms with Crippen molar-refractivity contribution in [1.82, 2.24) is 0 Å². The molecule has 20 heavy (non-hydrogen) atoms. The van der Waals surface area contributed by atoms with Crippen molar-refractivity contribution in [3.63, 3.8) is 0 Å². The fraction of sp³-hybridized carbons (Fsp3) is 0.188. The van der Waals surface area contributed by atoms with Crippen LogP contribution in [0.4, 0.5) is 8.78 Å². The van der Waals surface area contributed by atoms with E-state index in [1.54, 1.807) is 24.3 Å². The predicted molar refractivity (Wildman–Crippen MR) is 71.9 cm³/mol. The van der Waals surface area contributed by atoms with Crippen molar-refractivity contribution < 1.29 is 18.3 Å². The van der Waals surface area contributed by atoms with Gasteiger partial charge in [-0.15, -0.1) is 0 Å². The normalized spacial score (nSPS) is 10.3. The number of hydrogen-bond donors (Lipinski definition) is 0. The Hall–Kier alpha value is -2.23. The third-order valence-corrected chi connectivity index (χ3v) is 2.79. The molecule has 0 saturated carbocycles. The molecule has 0 fully saturated rings. The van der Waals surface area contributed by atoms with E-state index in [1.165, 1.54) is 0 Å². The van der Waals surface area contributed by atoms with E-state index < -0.39 is 11.6 Å². The van der Waals surface area contributed by atoms with Gasteiger partial charge in [-0.1, -0.05) is 30.3 Å². The molecule has 2 nitrogen and oxygen atoms in total. The number of ether oxygens (including phenoxy) is 1. The number of carbonyl (C=O) groups is 1. The molecule has 0 N–H and O–H groups in total. The predicted octanol–water partition coefficient (Wildman–Crippen LogP) is 4.01. The van der Waals surface area contributed by atoms with Crippen LogP contribution in [-0.4, -0.2) is 12.4 Å². The van der Waals surface area contributed by atoms with Crippen molar-refractivity contribution >= 4 is 5.78 Å². The highest BCUT2D eigenvalue weighted by Gasteiger charge is 2.07. The lowest BCUT2D eigenvalue weighted by Gasteiger charge is -2.07. The molecule has 104 valence electrons. The van der Waals surface area contributed by atoms with E-state index in [1.807, 2.05) is 6.07 Å². The molecule has 2 aromatic carbocycles. The summed E-state index contributed by atoms with van der Waals surface area (Å²) in [5, 5.41) is 0. The van der Waals surface area contributed by atoms with Gasteiger partial charge in [0.05, 0.1) is 6.61 Å². The molecule has 0 amide bonds. The molecule has 0 aliphatic heterocycles. The maximum absolute atomic E-state index is 13.3. The summed E-state index contributed by atoms with van der Waals surface area (Å²) in [5.41, 5.74) is 0.643. The second-order valence-electron chi connectivity index (χ2n) is 4.32. The smallest absolute Gasteiger partial charge is 0.165 e. The van der Waals surface area contributed by atoms with Gasteiger partial charge in [-0.3, -0.25) is 4.79 Å². The average molecular weight is 276 g/mol. The van der Waals surface area contributed by atoms with Crippen LogP contribution < -0.4 is 4.74 Å². The lowest BCUT2D eigenvalue weighted by molar-refractivity contribution is 0.0973. The van der Waals surface area contributed by atoms with Crippen LogP contribution in [0.3, 0.4) is 0 Å². The third-order valence-electron chi connectivity index (χ3n) is 2.79. The Morgan fingerprint density at radius 1 is 1.05 bits per heavy atom. The Balaban J connectivity index is 1.79. The molecular formula is C16H14F2O2. The molecule has 2 rings (SSSR count). The van der Waals surface area contributed by atoms with Crippen molar-refractivity contribution in [1.29, 1.82) is 0 Å². The van der Waals surface area contributed by atoms with E-state index in [2.05, 4.69) is 0 Å². The second kappa shape index (κ2) is 6.80. The summed E-state index contributed by atoms with van der Waals surface area (Å²) in [4.78, 5) is 11.8. The van der Waals surface area contributed by atoms with Crippen LogP contribution in [-0.2, 0) is 0 Å². The van der Waals surface area contributed by atoms with Crippen molar-refractivity contribution in [3.05, 3.63) is 65.7 Å². The molecule has 0 aromatic heterocycles. The Bertz CT molecular complexity index is 582. The summed E-state index contributed by atoms with van der Waals surface area (Å²) in [5.74, 6) is -1.28. The molecule has 0 heterocycles. The summed E-state index contributed by atoms with van der Waals surface area (Å²) in [6, 6.07) is 12.0. The topological polar surface area (TPSA) is 26.3 Å². The Morgan fingerprint density at radius 3 is 2.55 bits per heavy atom. The van der Waals surface area contributed by atoms with Gasteiger partial charge in [0.1, 0.15) is 5.82 Å². The minimum absolute atomic E-state index is 0.00825. The summed E-state index contributed by atoms with van der Waals surface area (Å²) in [6.07, 6.45) is 0.755. The van der Waals surface area contributed by atoms with E-state index in [4.69, 9.17) is 4.74 Å². The van der Waals surface area contributed by atoms with Crippen LogP contribution >= 0.6 is 0 Å². The standard InChI is InChI=1S/C16H14F2O2/c17-13-8-9-14(18)16(11-13)20-10-4-7-15(19)12-5-2-1-3-6-12/h1-3,5-6,8-9,11H,4,7,10H2. The minimum atomic E-state index is -0.610. The number of rotatable bonds is 6. The van der Waals surface area contributed by atoms with Gasteiger partial charge in [-0.2, -0.15) is 0 Å². The molecule has 0 aliphatic rings. The van der Waals surface area contributed by atoms with Crippen LogP contribution in [0.25, 0.3) is 0 Å². The number of Topliss-reactive ketones (excluding diaryl/α,β-unsaturated/α-hetero) is 1. The largest absolute Gasteiger partial charge is 0.490 e. The summed E-state index contributed by atoms with van der Waals surface area (Å²) in [7, 11) is 0. The van der Waals surface area contributed by atoms with Crippen molar-refractivity contribution in [2.75, 3.05) is 6.61 Å². The van der Waals surface area contributed by atoms with Gasteiger partial charge in [0.15, 0.2) is 17.3 Å². The van der Waals surface area contributed by atoms with Gasteiger partial charge in [0, 0.05) is 18.1 Å². The zero-order chi connectivity index (χ0) is 14.4. The summed E-state index contributed by atoms with van der Waals surface area (Å²) in [6.45, 7) is 0.166. The maximum atomic E-state index is 13.3. The first-order chi connectivity index (χ1) is 9.66. The third kappa shape index (κ3) is 3.88. The number of hydrogen-bond acceptors (Lipinski definition) is 2. The quantitative estimate of drug-likeness (QED) is 0.588. The maximum Gasteiger partial charge on any atom is 0.165 e. The first kappa shape index (κ1) is 14.2. The number of ketones is 1. The molecule has 0 radical (unpaired) electrons. The minimum Gasteiger partial charge on any atom is -0.490 e. The van der Waals surface area contributed by atoms with Crippen molar-refractivity contribution in [2.45, 2.75) is 12.8 Å². The highest BCUT2D eigenvalue weighted by Crippen LogP contribution is 2.18. The van der Waals surface area contributed by atoms with E-state index in [9.17, 15) is 13.6 Å². The van der Waals surface area contributed by atoms with Gasteiger partial charge in [0.2, 0.25) is 0 Å². The molecule has 0 unspecified atom stereocenters. The van der Waals surface area contributed by atoms with Crippen LogP contribution in [0.1, 0.15) is 23.2 Å². The zero-order valence-electron chi connectivity index (χ0n) is 10.8. The van der Waals surface area contributed by atoms with Gasteiger partial charge in [-0.25, -0.2) is 8.78 Å². The fourth-order valence-electron chi connectivity index (χ4n) is 1.77. The fourth-order valence-corrected chi connectivity index (χ4v) is 1.77. The Labute approximate surface area is 116 Å². The van der Waals surface area contributed by atoms with E-state index in [-0.39, 0.29) is 18.1 Å². The van der Waals surface area contributed by atoms with Crippen LogP contribution in [0.15, 0.2) is 48.5 Å². The molecule has 0 aliphatic carbocycles. The SMILES string of the molecule is O=C(CCCOc1cc(F)ccc1F)c1ccccc1. The molecule has 0 atom stereocenters. The van der Waals surface area contributed by atoms with Gasteiger partial charge < -0.3 is 4.74 Å². The second-order valence-corrected chi connectivity index (χ2v) is 4.32. The Morgan fingerprint density at radius 2 is 1.80 bits per heavy atom.